The van der Waals surface area contributed by atoms with E-state index in [0.29, 0.717) is 0 Å². The SMILES string of the molecule is O=C1NN=C(c2ccccc2O)[C@H]1[N+](=O)[O-]. The van der Waals surface area contributed by atoms with Crippen LogP contribution < -0.4 is 5.43 Å². The van der Waals surface area contributed by atoms with E-state index in [1.807, 2.05) is 5.43 Å². The fourth-order valence-electron chi connectivity index (χ4n) is 1.46. The minimum Gasteiger partial charge on any atom is -0.507 e. The number of aromatic hydroxyl groups is 1. The summed E-state index contributed by atoms with van der Waals surface area (Å²) in [6, 6.07) is 4.44. The molecule has 0 unspecified atom stereocenters. The van der Waals surface area contributed by atoms with Crippen LogP contribution in [0.15, 0.2) is 29.4 Å². The monoisotopic (exact) mass is 221 g/mol. The van der Waals surface area contributed by atoms with Gasteiger partial charge < -0.3 is 5.11 Å². The van der Waals surface area contributed by atoms with E-state index in [-0.39, 0.29) is 17.0 Å². The highest BCUT2D eigenvalue weighted by Crippen LogP contribution is 2.20. The number of rotatable bonds is 2. The largest absolute Gasteiger partial charge is 0.507 e. The molecule has 2 rings (SSSR count). The maximum atomic E-state index is 11.2. The van der Waals surface area contributed by atoms with Gasteiger partial charge in [-0.1, -0.05) is 12.1 Å². The van der Waals surface area contributed by atoms with Crippen molar-refractivity contribution in [2.45, 2.75) is 6.04 Å². The van der Waals surface area contributed by atoms with Gasteiger partial charge in [0.15, 0.2) is 5.71 Å². The zero-order valence-electron chi connectivity index (χ0n) is 7.95. The van der Waals surface area contributed by atoms with Gasteiger partial charge in [0.2, 0.25) is 0 Å². The topological polar surface area (TPSA) is 105 Å². The predicted molar refractivity (Wildman–Crippen MR) is 53.6 cm³/mol. The van der Waals surface area contributed by atoms with E-state index in [1.54, 1.807) is 12.1 Å². The molecule has 1 amide bonds. The summed E-state index contributed by atoms with van der Waals surface area (Å²) in [5, 5.41) is 23.8. The van der Waals surface area contributed by atoms with E-state index in [1.165, 1.54) is 12.1 Å². The Kier molecular flexibility index (Phi) is 2.28. The van der Waals surface area contributed by atoms with Crippen LogP contribution in [-0.4, -0.2) is 27.7 Å². The molecule has 0 aliphatic carbocycles. The molecule has 7 nitrogen and oxygen atoms in total. The fourth-order valence-corrected chi connectivity index (χ4v) is 1.46. The third kappa shape index (κ3) is 1.48. The maximum Gasteiger partial charge on any atom is 0.335 e. The zero-order chi connectivity index (χ0) is 11.7. The lowest BCUT2D eigenvalue weighted by molar-refractivity contribution is -0.488. The number of hydrazone groups is 1. The number of phenols is 1. The minimum atomic E-state index is -1.56. The number of phenolic OH excluding ortho intramolecular Hbond substituents is 1. The molecular formula is C9H7N3O4. The summed E-state index contributed by atoms with van der Waals surface area (Å²) in [6.07, 6.45) is 0. The van der Waals surface area contributed by atoms with E-state index < -0.39 is 16.9 Å². The van der Waals surface area contributed by atoms with Crippen molar-refractivity contribution in [1.29, 1.82) is 0 Å². The molecule has 0 saturated carbocycles. The Hall–Kier alpha value is -2.44. The number of hydrogen-bond acceptors (Lipinski definition) is 5. The van der Waals surface area contributed by atoms with Crippen molar-refractivity contribution in [2.75, 3.05) is 0 Å². The van der Waals surface area contributed by atoms with Crippen LogP contribution in [0, 0.1) is 10.1 Å². The molecule has 82 valence electrons. The van der Waals surface area contributed by atoms with Crippen LogP contribution in [0.5, 0.6) is 5.75 Å². The molecule has 1 aromatic carbocycles. The van der Waals surface area contributed by atoms with Crippen LogP contribution in [0.2, 0.25) is 0 Å². The third-order valence-electron chi connectivity index (χ3n) is 2.18. The lowest BCUT2D eigenvalue weighted by Crippen LogP contribution is -2.36. The van der Waals surface area contributed by atoms with Crippen LogP contribution in [0.1, 0.15) is 5.56 Å². The number of carbonyl (C=O) groups is 1. The summed E-state index contributed by atoms with van der Waals surface area (Å²) in [5.74, 6) is -0.951. The lowest BCUT2D eigenvalue weighted by atomic mass is 10.0. The number of nitro groups is 1. The number of hydrogen-bond donors (Lipinski definition) is 2. The molecule has 1 aromatic rings. The molecule has 1 heterocycles. The first-order valence-corrected chi connectivity index (χ1v) is 4.40. The molecule has 7 heteroatoms. The molecule has 1 aliphatic rings. The van der Waals surface area contributed by atoms with Crippen LogP contribution in [0.25, 0.3) is 0 Å². The van der Waals surface area contributed by atoms with Crippen LogP contribution >= 0.6 is 0 Å². The minimum absolute atomic E-state index is 0.0758. The highest BCUT2D eigenvalue weighted by atomic mass is 16.6. The molecule has 2 N–H and O–H groups in total. The Labute approximate surface area is 89.5 Å². The van der Waals surface area contributed by atoms with Crippen molar-refractivity contribution in [3.8, 4) is 5.75 Å². The summed E-state index contributed by atoms with van der Waals surface area (Å²) < 4.78 is 0. The second-order valence-corrected chi connectivity index (χ2v) is 3.18. The maximum absolute atomic E-state index is 11.2. The summed E-state index contributed by atoms with van der Waals surface area (Å²) in [6.45, 7) is 0. The number of benzene rings is 1. The molecular weight excluding hydrogens is 214 g/mol. The second kappa shape index (κ2) is 3.61. The van der Waals surface area contributed by atoms with Gasteiger partial charge in [-0.15, -0.1) is 0 Å². The summed E-state index contributed by atoms with van der Waals surface area (Å²) >= 11 is 0. The number of nitrogens with zero attached hydrogens (tertiary/aromatic N) is 2. The number of amides is 1. The normalized spacial score (nSPS) is 19.1. The molecule has 0 fully saturated rings. The van der Waals surface area contributed by atoms with E-state index in [9.17, 15) is 20.0 Å². The molecule has 0 saturated heterocycles. The van der Waals surface area contributed by atoms with E-state index in [0.717, 1.165) is 0 Å². The van der Waals surface area contributed by atoms with Gasteiger partial charge in [-0.25, -0.2) is 5.43 Å². The van der Waals surface area contributed by atoms with Crippen molar-refractivity contribution in [3.63, 3.8) is 0 Å². The van der Waals surface area contributed by atoms with Gasteiger partial charge in [-0.05, 0) is 12.1 Å². The van der Waals surface area contributed by atoms with Crippen molar-refractivity contribution in [2.24, 2.45) is 5.10 Å². The number of carbonyl (C=O) groups excluding carboxylic acids is 1. The van der Waals surface area contributed by atoms with Crippen molar-refractivity contribution in [1.82, 2.24) is 5.43 Å². The van der Waals surface area contributed by atoms with Crippen molar-refractivity contribution < 1.29 is 14.8 Å². The smallest absolute Gasteiger partial charge is 0.335 e. The van der Waals surface area contributed by atoms with Crippen LogP contribution in [0.3, 0.4) is 0 Å². The molecule has 0 bridgehead atoms. The molecule has 1 atom stereocenters. The first-order chi connectivity index (χ1) is 7.61. The van der Waals surface area contributed by atoms with Crippen LogP contribution in [-0.2, 0) is 4.79 Å². The Bertz CT molecular complexity index is 497. The van der Waals surface area contributed by atoms with Crippen LogP contribution in [0.4, 0.5) is 0 Å². The lowest BCUT2D eigenvalue weighted by Gasteiger charge is -2.04. The first kappa shape index (κ1) is 10.1. The standard InChI is InChI=1S/C9H7N3O4/c13-6-4-2-1-3-5(6)7-8(12(15)16)9(14)11-10-7/h1-4,8,13H,(H,11,14)/t8-/m1/s1. The number of para-hydroxylation sites is 1. The summed E-state index contributed by atoms with van der Waals surface area (Å²) in [4.78, 5) is 21.1. The van der Waals surface area contributed by atoms with Gasteiger partial charge in [-0.3, -0.25) is 14.9 Å². The fraction of sp³-hybridized carbons (Fsp3) is 0.111. The Morgan fingerprint density at radius 2 is 2.12 bits per heavy atom. The van der Waals surface area contributed by atoms with Gasteiger partial charge in [0.25, 0.3) is 0 Å². The Balaban J connectivity index is 2.46. The van der Waals surface area contributed by atoms with Gasteiger partial charge in [-0.2, -0.15) is 5.10 Å². The molecule has 1 aliphatic heterocycles. The summed E-state index contributed by atoms with van der Waals surface area (Å²) in [5.41, 5.74) is 2.13. The number of nitrogens with one attached hydrogen (secondary N) is 1. The highest BCUT2D eigenvalue weighted by Gasteiger charge is 2.42. The van der Waals surface area contributed by atoms with Gasteiger partial charge >= 0.3 is 11.9 Å². The zero-order valence-corrected chi connectivity index (χ0v) is 7.95. The predicted octanol–water partition coefficient (Wildman–Crippen LogP) is -0.129. The second-order valence-electron chi connectivity index (χ2n) is 3.18. The molecule has 16 heavy (non-hydrogen) atoms. The van der Waals surface area contributed by atoms with E-state index >= 15 is 0 Å². The van der Waals surface area contributed by atoms with Gasteiger partial charge in [0, 0.05) is 10.5 Å². The van der Waals surface area contributed by atoms with E-state index in [2.05, 4.69) is 5.10 Å². The highest BCUT2D eigenvalue weighted by molar-refractivity contribution is 6.19. The average Bonchev–Trinajstić information content (AvgIpc) is 2.61. The third-order valence-corrected chi connectivity index (χ3v) is 2.18. The molecule has 0 aromatic heterocycles. The van der Waals surface area contributed by atoms with Gasteiger partial charge in [0.05, 0.1) is 0 Å². The quantitative estimate of drug-likeness (QED) is 0.536. The van der Waals surface area contributed by atoms with Crippen molar-refractivity contribution in [3.05, 3.63) is 39.9 Å². The first-order valence-electron chi connectivity index (χ1n) is 4.40. The molecule has 0 spiro atoms. The molecule has 0 radical (unpaired) electrons. The van der Waals surface area contributed by atoms with E-state index in [4.69, 9.17) is 0 Å². The average molecular weight is 221 g/mol. The Morgan fingerprint density at radius 1 is 1.44 bits per heavy atom. The Morgan fingerprint density at radius 3 is 2.75 bits per heavy atom. The van der Waals surface area contributed by atoms with Crippen molar-refractivity contribution >= 4 is 11.6 Å². The summed E-state index contributed by atoms with van der Waals surface area (Å²) in [7, 11) is 0. The van der Waals surface area contributed by atoms with Gasteiger partial charge in [0.1, 0.15) is 5.75 Å².